The van der Waals surface area contributed by atoms with Crippen LogP contribution in [-0.4, -0.2) is 240 Å². The number of carbonyl (C=O) groups excluding carboxylic acids is 5. The Morgan fingerprint density at radius 2 is 0.940 bits per heavy atom. The molecule has 67 heavy (non-hydrogen) atoms. The molecule has 2 amide bonds. The van der Waals surface area contributed by atoms with Gasteiger partial charge >= 0.3 is 88.7 Å². The summed E-state index contributed by atoms with van der Waals surface area (Å²) in [7, 11) is 0. The predicted octanol–water partition coefficient (Wildman–Crippen LogP) is -23.2. The van der Waals surface area contributed by atoms with Gasteiger partial charge in [0.15, 0.2) is 25.2 Å². The van der Waals surface area contributed by atoms with E-state index in [-0.39, 0.29) is 88.7 Å². The Morgan fingerprint density at radius 1 is 0.537 bits per heavy atom. The molecule has 0 saturated carbocycles. The van der Waals surface area contributed by atoms with Gasteiger partial charge in [-0.3, -0.25) is 9.59 Å². The molecule has 0 unspecified atom stereocenters. The van der Waals surface area contributed by atoms with E-state index in [2.05, 4.69) is 10.6 Å². The molecule has 33 heteroatoms. The first-order chi connectivity index (χ1) is 30.0. The van der Waals surface area contributed by atoms with Crippen molar-refractivity contribution in [1.29, 1.82) is 0 Å². The monoisotopic (exact) mass is 1000 g/mol. The third-order valence-electron chi connectivity index (χ3n) is 10.6. The zero-order valence-corrected chi connectivity index (χ0v) is 42.1. The zero-order chi connectivity index (χ0) is 47.6. The van der Waals surface area contributed by atoms with Crippen LogP contribution < -0.4 is 115 Å². The number of nitrogens with one attached hydrogen (secondary N) is 2. The Labute approximate surface area is 443 Å². The fourth-order valence-electron chi connectivity index (χ4n) is 7.44. The van der Waals surface area contributed by atoms with Crippen LogP contribution in [0.25, 0.3) is 0 Å². The topological polar surface area (TPSA) is 484 Å². The number of carboxylic acids is 3. The van der Waals surface area contributed by atoms with Gasteiger partial charge in [-0.05, 0) is 6.08 Å². The van der Waals surface area contributed by atoms with E-state index in [4.69, 9.17) is 42.6 Å². The molecule has 4 fully saturated rings. The Hall–Kier alpha value is -0.870. The number of ether oxygens (including phenoxy) is 9. The summed E-state index contributed by atoms with van der Waals surface area (Å²) in [5.74, 6) is -9.17. The molecule has 0 bridgehead atoms. The maximum absolute atomic E-state index is 12.6. The molecule has 30 nitrogen and oxygen atoms in total. The van der Waals surface area contributed by atoms with E-state index in [9.17, 15) is 95.5 Å². The van der Waals surface area contributed by atoms with Crippen LogP contribution in [0.3, 0.4) is 0 Å². The first-order valence-corrected chi connectivity index (χ1v) is 19.1. The molecule has 364 valence electrons. The summed E-state index contributed by atoms with van der Waals surface area (Å²) in [6.45, 7) is -0.330. The SMILES string of the molecule is CC(=O)N[C@H]1[C@H](O[C@H]2[C@H](O)[C@@H](O)[C@H](O)O[C@@H]2C(=O)[O-])O[C@H](CO)[C@@H](O)[C@@H]1O[C@@H]1O[C@H](C(=O)[O-])[C@@H](O[C@@H]2O[C@H](CO)[C@@H](O)[C@H](O[C@@H]3OC(C(=O)[O-])=C[C@H](O)[C@H]3O)[C@H]2NC(C)=O)[C@H](O)[C@H]1O.[Na+].[Na+].[Na+]. The minimum atomic E-state index is -2.55. The van der Waals surface area contributed by atoms with Crippen molar-refractivity contribution in [2.45, 2.75) is 155 Å². The molecule has 0 spiro atoms. The zero-order valence-electron chi connectivity index (χ0n) is 36.1. The second-order valence-corrected chi connectivity index (χ2v) is 15.0. The van der Waals surface area contributed by atoms with Crippen molar-refractivity contribution < 1.29 is 227 Å². The summed E-state index contributed by atoms with van der Waals surface area (Å²) >= 11 is 0. The minimum absolute atomic E-state index is 0. The van der Waals surface area contributed by atoms with E-state index in [0.29, 0.717) is 6.08 Å². The van der Waals surface area contributed by atoms with Crippen molar-refractivity contribution in [3.63, 3.8) is 0 Å². The van der Waals surface area contributed by atoms with Crippen LogP contribution in [0.15, 0.2) is 11.8 Å². The van der Waals surface area contributed by atoms with E-state index in [1.54, 1.807) is 0 Å². The maximum atomic E-state index is 12.6. The van der Waals surface area contributed by atoms with Gasteiger partial charge in [-0.25, -0.2) is 0 Å². The van der Waals surface area contributed by atoms with Gasteiger partial charge in [0.25, 0.3) is 0 Å². The summed E-state index contributed by atoms with van der Waals surface area (Å²) in [4.78, 5) is 60.8. The molecular weight excluding hydrogens is 953 g/mol. The molecule has 0 radical (unpaired) electrons. The van der Waals surface area contributed by atoms with Gasteiger partial charge in [-0.15, -0.1) is 0 Å². The van der Waals surface area contributed by atoms with Crippen molar-refractivity contribution in [2.24, 2.45) is 0 Å². The molecule has 5 rings (SSSR count). The summed E-state index contributed by atoms with van der Waals surface area (Å²) in [6, 6.07) is -3.78. The molecule has 0 aromatic heterocycles. The van der Waals surface area contributed by atoms with E-state index < -0.39 is 190 Å². The van der Waals surface area contributed by atoms with E-state index >= 15 is 0 Å². The van der Waals surface area contributed by atoms with Gasteiger partial charge in [0, 0.05) is 13.8 Å². The summed E-state index contributed by atoms with van der Waals surface area (Å²) in [5.41, 5.74) is 0. The number of rotatable bonds is 15. The third kappa shape index (κ3) is 14.2. The van der Waals surface area contributed by atoms with E-state index in [1.165, 1.54) is 0 Å². The fraction of sp³-hybridized carbons (Fsp3) is 0.794. The molecule has 4 saturated heterocycles. The van der Waals surface area contributed by atoms with Gasteiger partial charge in [-0.2, -0.15) is 0 Å². The molecule has 5 aliphatic rings. The maximum Gasteiger partial charge on any atom is 1.00 e. The Bertz CT molecular complexity index is 1720. The molecule has 5 aliphatic heterocycles. The quantitative estimate of drug-likeness (QED) is 0.0678. The van der Waals surface area contributed by atoms with Crippen molar-refractivity contribution in [3.05, 3.63) is 11.8 Å². The largest absolute Gasteiger partial charge is 1.00 e. The average molecular weight is 1000 g/mol. The van der Waals surface area contributed by atoms with Crippen LogP contribution in [0.4, 0.5) is 0 Å². The van der Waals surface area contributed by atoms with Crippen LogP contribution in [0.2, 0.25) is 0 Å². The average Bonchev–Trinajstić information content (AvgIpc) is 3.22. The number of carbonyl (C=O) groups is 5. The molecule has 5 heterocycles. The number of aliphatic carboxylic acids is 3. The van der Waals surface area contributed by atoms with E-state index in [1.807, 2.05) is 0 Å². The number of hydrogen-bond acceptors (Lipinski definition) is 28. The molecular formula is C34H47N2Na3O28. The second-order valence-electron chi connectivity index (χ2n) is 15.0. The van der Waals surface area contributed by atoms with Gasteiger partial charge in [0.05, 0.1) is 25.2 Å². The van der Waals surface area contributed by atoms with Gasteiger partial charge in [0.1, 0.15) is 121 Å². The van der Waals surface area contributed by atoms with Gasteiger partial charge in [0.2, 0.25) is 18.1 Å². The van der Waals surface area contributed by atoms with Crippen molar-refractivity contribution in [2.75, 3.05) is 13.2 Å². The van der Waals surface area contributed by atoms with Crippen LogP contribution >= 0.6 is 0 Å². The van der Waals surface area contributed by atoms with Crippen LogP contribution in [0.1, 0.15) is 13.8 Å². The van der Waals surface area contributed by atoms with Gasteiger partial charge < -0.3 is 139 Å². The summed E-state index contributed by atoms with van der Waals surface area (Å²) in [5, 5.41) is 157. The Morgan fingerprint density at radius 3 is 1.34 bits per heavy atom. The first-order valence-electron chi connectivity index (χ1n) is 19.1. The van der Waals surface area contributed by atoms with Crippen LogP contribution in [0, 0.1) is 0 Å². The second kappa shape index (κ2) is 26.7. The Kier molecular flexibility index (Phi) is 24.8. The predicted molar refractivity (Wildman–Crippen MR) is 182 cm³/mol. The molecule has 0 aromatic carbocycles. The number of hydrogen-bond donors (Lipinski definition) is 13. The standard InChI is InChI=1S/C34H50N2O28.3Na/c1-6(39)35-12-21(60-33-14(42)8(41)3-9(56-33)27(49)50)15(43)10(4-37)58-32(12)63-24-18(46)20(48)34(64-26(24)29(53)54)61-22-13(36-7(2)40)31(57-11(5-38)16(22)44)62-23-17(45)19(47)30(55)59-25(23)28(51)52;;;/h3,8,10-26,30-34,37-38,41-48,55H,4-5H2,1-2H3,(H,35,39)(H,36,40)(H,49,50)(H,51,52)(H,53,54);;;/q;3*+1/p-3/t8-,10+,11+,12+,13+,14+,15+,16+,17+,18+,19+,20+,21+,22+,23-,24-,25-,26-,30+,31-,32-,33-,34+;;;/m0.../s1. The van der Waals surface area contributed by atoms with E-state index in [0.717, 1.165) is 13.8 Å². The minimum Gasteiger partial charge on any atom is -0.547 e. The number of carboxylic acid groups (broad SMARTS) is 3. The van der Waals surface area contributed by atoms with Crippen molar-refractivity contribution in [3.8, 4) is 0 Å². The summed E-state index contributed by atoms with van der Waals surface area (Å²) < 4.78 is 48.9. The molecule has 0 aliphatic carbocycles. The van der Waals surface area contributed by atoms with Gasteiger partial charge in [-0.1, -0.05) is 0 Å². The molecule has 13 N–H and O–H groups in total. The molecule has 23 atom stereocenters. The smallest absolute Gasteiger partial charge is 0.547 e. The number of amides is 2. The first kappa shape index (κ1) is 62.2. The number of aliphatic hydroxyl groups is 11. The summed E-state index contributed by atoms with van der Waals surface area (Å²) in [6.07, 6.45) is -45.0. The Balaban J connectivity index is 0.00000514. The fourth-order valence-corrected chi connectivity index (χ4v) is 7.44. The van der Waals surface area contributed by atoms with Crippen LogP contribution in [-0.2, 0) is 66.6 Å². The van der Waals surface area contributed by atoms with Crippen LogP contribution in [0.5, 0.6) is 0 Å². The van der Waals surface area contributed by atoms with Crippen molar-refractivity contribution in [1.82, 2.24) is 10.6 Å². The number of aliphatic hydroxyl groups excluding tert-OH is 11. The third-order valence-corrected chi connectivity index (χ3v) is 10.6. The van der Waals surface area contributed by atoms with Crippen molar-refractivity contribution >= 4 is 29.7 Å². The molecule has 0 aromatic rings. The normalized spacial score (nSPS) is 43.0.